The molecule has 1 spiro atoms. The van der Waals surface area contributed by atoms with Crippen LogP contribution in [0.1, 0.15) is 51.3 Å². The van der Waals surface area contributed by atoms with Crippen LogP contribution >= 0.6 is 15.9 Å². The zero-order valence-corrected chi connectivity index (χ0v) is 25.5. The number of carbonyl (C=O) groups excluding carboxylic acids is 3. The van der Waals surface area contributed by atoms with E-state index in [1.165, 1.54) is 0 Å². The number of hydrogen-bond donors (Lipinski definition) is 1. The molecule has 1 amide bonds. The molecule has 4 atom stereocenters. The summed E-state index contributed by atoms with van der Waals surface area (Å²) in [5, 5.41) is 3.09. The van der Waals surface area contributed by atoms with E-state index in [9.17, 15) is 14.4 Å². The molecule has 0 bridgehead atoms. The number of halogens is 1. The monoisotopic (exact) mass is 630 g/mol. The normalized spacial score (nSPS) is 23.2. The molecule has 4 aromatic carbocycles. The van der Waals surface area contributed by atoms with Crippen molar-refractivity contribution < 1.29 is 14.4 Å². The van der Waals surface area contributed by atoms with E-state index >= 15 is 0 Å². The molecule has 43 heavy (non-hydrogen) atoms. The van der Waals surface area contributed by atoms with Crippen molar-refractivity contribution in [1.29, 1.82) is 0 Å². The van der Waals surface area contributed by atoms with Gasteiger partial charge < -0.3 is 10.2 Å². The van der Waals surface area contributed by atoms with Gasteiger partial charge in [0.2, 0.25) is 5.91 Å². The number of carbonyl (C=O) groups is 3. The van der Waals surface area contributed by atoms with E-state index in [0.717, 1.165) is 33.3 Å². The van der Waals surface area contributed by atoms with Crippen molar-refractivity contribution in [3.05, 3.63) is 135 Å². The number of benzene rings is 4. The van der Waals surface area contributed by atoms with Crippen molar-refractivity contribution in [3.63, 3.8) is 0 Å². The molecule has 0 unspecified atom stereocenters. The quantitative estimate of drug-likeness (QED) is 0.224. The average Bonchev–Trinajstić information content (AvgIpc) is 3.49. The van der Waals surface area contributed by atoms with Crippen molar-refractivity contribution in [1.82, 2.24) is 0 Å². The second-order valence-corrected chi connectivity index (χ2v) is 13.0. The van der Waals surface area contributed by atoms with E-state index in [-0.39, 0.29) is 17.5 Å². The number of rotatable bonds is 6. The SMILES string of the molecule is CC(C)Cc1ccc(C(=O)[C@@H]2[C@@H](C(=O)c3ccc(Br)cc3)N3c4ccccc4C=C[C@@H]3[C@]23C(=O)Nc2ccccc23)cc1. The van der Waals surface area contributed by atoms with Gasteiger partial charge in [0.05, 0.1) is 12.0 Å². The largest absolute Gasteiger partial charge is 0.352 e. The molecule has 1 saturated heterocycles. The van der Waals surface area contributed by atoms with Gasteiger partial charge in [-0.25, -0.2) is 0 Å². The fourth-order valence-electron chi connectivity index (χ4n) is 7.36. The first-order valence-corrected chi connectivity index (χ1v) is 15.5. The lowest BCUT2D eigenvalue weighted by atomic mass is 9.64. The Morgan fingerprint density at radius 1 is 0.860 bits per heavy atom. The first-order valence-electron chi connectivity index (χ1n) is 14.7. The van der Waals surface area contributed by atoms with E-state index in [1.807, 2.05) is 102 Å². The Labute approximate surface area is 259 Å². The predicted molar refractivity (Wildman–Crippen MR) is 174 cm³/mol. The number of nitrogens with zero attached hydrogens (tertiary/aromatic N) is 1. The maximum absolute atomic E-state index is 15.0. The van der Waals surface area contributed by atoms with E-state index < -0.39 is 23.4 Å². The number of ketones is 2. The number of anilines is 2. The Kier molecular flexibility index (Phi) is 6.70. The zero-order chi connectivity index (χ0) is 29.9. The van der Waals surface area contributed by atoms with Gasteiger partial charge in [0.25, 0.3) is 0 Å². The molecule has 0 aromatic heterocycles. The molecule has 3 heterocycles. The van der Waals surface area contributed by atoms with Crippen LogP contribution in [-0.2, 0) is 16.6 Å². The highest BCUT2D eigenvalue weighted by Gasteiger charge is 2.70. The van der Waals surface area contributed by atoms with Gasteiger partial charge in [0, 0.05) is 27.0 Å². The Balaban J connectivity index is 1.48. The lowest BCUT2D eigenvalue weighted by Gasteiger charge is -2.37. The zero-order valence-electron chi connectivity index (χ0n) is 24.0. The summed E-state index contributed by atoms with van der Waals surface area (Å²) in [6, 6.07) is 28.9. The molecule has 0 radical (unpaired) electrons. The minimum absolute atomic E-state index is 0.188. The number of fused-ring (bicyclic) bond motifs is 6. The standard InChI is InChI=1S/C37H31BrN2O3/c1-22(2)21-23-11-13-25(14-12-23)34(41)32-33(35(42)26-15-18-27(38)19-16-26)40-30-10-6-3-7-24(30)17-20-31(40)37(32)28-8-4-5-9-29(28)39-36(37)43/h3-20,22,31-33H,21H2,1-2H3,(H,39,43)/t31-,32+,33+,37+/m1/s1. The lowest BCUT2D eigenvalue weighted by molar-refractivity contribution is -0.121. The molecular weight excluding hydrogens is 600 g/mol. The highest BCUT2D eigenvalue weighted by molar-refractivity contribution is 9.10. The molecule has 214 valence electrons. The van der Waals surface area contributed by atoms with Gasteiger partial charge in [-0.1, -0.05) is 115 Å². The molecule has 0 aliphatic carbocycles. The van der Waals surface area contributed by atoms with Crippen LogP contribution < -0.4 is 10.2 Å². The van der Waals surface area contributed by atoms with E-state index in [4.69, 9.17) is 0 Å². The Morgan fingerprint density at radius 3 is 2.26 bits per heavy atom. The van der Waals surface area contributed by atoms with Crippen molar-refractivity contribution in [3.8, 4) is 0 Å². The number of para-hydroxylation sites is 2. The van der Waals surface area contributed by atoms with Crippen LogP contribution in [0.25, 0.3) is 6.08 Å². The van der Waals surface area contributed by atoms with Gasteiger partial charge in [-0.3, -0.25) is 14.4 Å². The Bertz CT molecular complexity index is 1790. The number of Topliss-reactive ketones (excluding diaryl/α,β-unsaturated/α-hetero) is 2. The fourth-order valence-corrected chi connectivity index (χ4v) is 7.63. The second kappa shape index (κ2) is 10.5. The summed E-state index contributed by atoms with van der Waals surface area (Å²) in [5.74, 6) is -1.16. The van der Waals surface area contributed by atoms with Gasteiger partial charge in [-0.15, -0.1) is 0 Å². The maximum Gasteiger partial charge on any atom is 0.238 e. The first kappa shape index (κ1) is 27.5. The van der Waals surface area contributed by atoms with Gasteiger partial charge in [0.15, 0.2) is 11.6 Å². The molecule has 1 fully saturated rings. The van der Waals surface area contributed by atoms with Gasteiger partial charge >= 0.3 is 0 Å². The van der Waals surface area contributed by atoms with Crippen LogP contribution in [0.4, 0.5) is 11.4 Å². The average molecular weight is 632 g/mol. The molecule has 3 aliphatic rings. The highest BCUT2D eigenvalue weighted by Crippen LogP contribution is 2.58. The van der Waals surface area contributed by atoms with Crippen molar-refractivity contribution >= 4 is 50.9 Å². The summed E-state index contributed by atoms with van der Waals surface area (Å²) < 4.78 is 0.856. The summed E-state index contributed by atoms with van der Waals surface area (Å²) >= 11 is 3.48. The molecule has 5 nitrogen and oxygen atoms in total. The highest BCUT2D eigenvalue weighted by atomic mass is 79.9. The number of hydrogen-bond acceptors (Lipinski definition) is 4. The van der Waals surface area contributed by atoms with Crippen molar-refractivity contribution in [2.24, 2.45) is 11.8 Å². The van der Waals surface area contributed by atoms with Crippen molar-refractivity contribution in [2.75, 3.05) is 10.2 Å². The summed E-state index contributed by atoms with van der Waals surface area (Å²) in [4.78, 5) is 46.2. The molecule has 3 aliphatic heterocycles. The Hall–Kier alpha value is -4.29. The third-order valence-electron chi connectivity index (χ3n) is 9.10. The molecule has 7 rings (SSSR count). The molecule has 6 heteroatoms. The van der Waals surface area contributed by atoms with Crippen molar-refractivity contribution in [2.45, 2.75) is 37.8 Å². The summed E-state index contributed by atoms with van der Waals surface area (Å²) in [6.07, 6.45) is 4.92. The first-order chi connectivity index (χ1) is 20.8. The topological polar surface area (TPSA) is 66.5 Å². The number of nitrogens with one attached hydrogen (secondary N) is 1. The van der Waals surface area contributed by atoms with E-state index in [1.54, 1.807) is 12.1 Å². The van der Waals surface area contributed by atoms with Gasteiger partial charge in [-0.05, 0) is 53.3 Å². The molecular formula is C37H31BrN2O3. The maximum atomic E-state index is 15.0. The minimum Gasteiger partial charge on any atom is -0.352 e. The summed E-state index contributed by atoms with van der Waals surface area (Å²) in [7, 11) is 0. The fraction of sp³-hybridized carbons (Fsp3) is 0.216. The van der Waals surface area contributed by atoms with E-state index in [2.05, 4.69) is 35.1 Å². The smallest absolute Gasteiger partial charge is 0.238 e. The summed E-state index contributed by atoms with van der Waals surface area (Å²) in [6.45, 7) is 4.33. The van der Waals surface area contributed by atoms with Crippen LogP contribution in [0, 0.1) is 11.8 Å². The predicted octanol–water partition coefficient (Wildman–Crippen LogP) is 7.50. The van der Waals surface area contributed by atoms with Crippen LogP contribution in [0.2, 0.25) is 0 Å². The molecule has 1 N–H and O–H groups in total. The van der Waals surface area contributed by atoms with E-state index in [0.29, 0.717) is 22.7 Å². The Morgan fingerprint density at radius 2 is 1.51 bits per heavy atom. The van der Waals surface area contributed by atoms with Crippen LogP contribution in [0.15, 0.2) is 108 Å². The summed E-state index contributed by atoms with van der Waals surface area (Å²) in [5.41, 5.74) is 4.04. The molecule has 4 aromatic rings. The van der Waals surface area contributed by atoms with Gasteiger partial charge in [0.1, 0.15) is 11.5 Å². The van der Waals surface area contributed by atoms with Crippen LogP contribution in [0.3, 0.4) is 0 Å². The van der Waals surface area contributed by atoms with Crippen LogP contribution in [-0.4, -0.2) is 29.6 Å². The molecule has 0 saturated carbocycles. The third-order valence-corrected chi connectivity index (χ3v) is 9.63. The van der Waals surface area contributed by atoms with Gasteiger partial charge in [-0.2, -0.15) is 0 Å². The second-order valence-electron chi connectivity index (χ2n) is 12.1. The number of amides is 1. The lowest BCUT2D eigenvalue weighted by Crippen LogP contribution is -2.51. The minimum atomic E-state index is -1.32. The third kappa shape index (κ3) is 4.22. The van der Waals surface area contributed by atoms with Crippen LogP contribution in [0.5, 0.6) is 0 Å².